The number of unbranched alkanes of at least 4 members (excludes halogenated alkanes) is 12. The minimum atomic E-state index is -1.86. The Bertz CT molecular complexity index is 2830. The molecule has 0 N–H and O–H groups in total. The number of hydrogen-bond acceptors (Lipinski definition) is 4. The Morgan fingerprint density at radius 1 is 0.368 bits per heavy atom. The molecule has 8 rings (SSSR count). The van der Waals surface area contributed by atoms with Gasteiger partial charge in [-0.25, -0.2) is 0 Å². The third-order valence-corrected chi connectivity index (χ3v) is 50.9. The third-order valence-electron chi connectivity index (χ3n) is 13.8. The first kappa shape index (κ1) is 66.5. The van der Waals surface area contributed by atoms with Crippen LogP contribution in [0.4, 0.5) is 0 Å². The van der Waals surface area contributed by atoms with Gasteiger partial charge in [-0.05, 0) is 0 Å². The molecule has 76 heavy (non-hydrogen) atoms. The molecule has 0 amide bonds. The van der Waals surface area contributed by atoms with Crippen molar-refractivity contribution in [1.29, 1.82) is 0 Å². The molecule has 0 aromatic carbocycles. The Morgan fingerprint density at radius 3 is 1.16 bits per heavy atom. The van der Waals surface area contributed by atoms with Crippen LogP contribution in [-0.4, -0.2) is 94.8 Å². The van der Waals surface area contributed by atoms with E-state index >= 15 is 0 Å². The maximum atomic E-state index is 3.86. The van der Waals surface area contributed by atoms with Gasteiger partial charge in [0, 0.05) is 0 Å². The summed E-state index contributed by atoms with van der Waals surface area (Å²) in [5.74, 6) is 0. The number of rotatable bonds is 27. The van der Waals surface area contributed by atoms with Crippen molar-refractivity contribution in [3.63, 3.8) is 0 Å². The number of aryl methyl sites for hydroxylation is 6. The van der Waals surface area contributed by atoms with E-state index in [0.717, 1.165) is 0 Å². The molecule has 414 valence electrons. The Morgan fingerprint density at radius 2 is 0.724 bits per heavy atom. The fourth-order valence-corrected chi connectivity index (χ4v) is 36.2. The second-order valence-corrected chi connectivity index (χ2v) is 71.2. The number of thiophene rings is 4. The third kappa shape index (κ3) is 20.9. The van der Waals surface area contributed by atoms with Crippen molar-refractivity contribution in [2.45, 2.75) is 200 Å². The molecule has 0 saturated heterocycles. The van der Waals surface area contributed by atoms with Gasteiger partial charge in [0.25, 0.3) is 0 Å². The number of halogens is 2. The second kappa shape index (κ2) is 33.7. The van der Waals surface area contributed by atoms with Crippen LogP contribution in [0.3, 0.4) is 0 Å². The summed E-state index contributed by atoms with van der Waals surface area (Å²) in [6, 6.07) is 29.0. The zero-order chi connectivity index (χ0) is 54.8. The summed E-state index contributed by atoms with van der Waals surface area (Å²) in [6.45, 7) is 13.8. The summed E-state index contributed by atoms with van der Waals surface area (Å²) in [6.07, 6.45) is 26.7. The van der Waals surface area contributed by atoms with Gasteiger partial charge in [-0.1, -0.05) is 0 Å². The van der Waals surface area contributed by atoms with Crippen LogP contribution in [0.5, 0.6) is 0 Å². The van der Waals surface area contributed by atoms with Gasteiger partial charge >= 0.3 is 535 Å². The zero-order valence-corrected chi connectivity index (χ0v) is 67.1. The predicted octanol–water partition coefficient (Wildman–Crippen LogP) is 21.6. The Kier molecular flexibility index (Phi) is 29.5. The number of hydrogen-bond donors (Lipinski definition) is 0. The van der Waals surface area contributed by atoms with E-state index < -0.39 is 36.8 Å². The fourth-order valence-electron chi connectivity index (χ4n) is 9.11. The standard InChI is InChI=1S/C30H38S2Se2.C20H28Br2Se2.C8H4S2.6CH3.2Sn/c1-5-7-9-11-13-23-19-28(33-22(23)4)29-20-24(14-12-10-8-6-2)30(34-29)27-18-17-26(32-27)25-16-15-21(3)31-25;1-3-5-7-9-11-15-13-17(23-19(15)21)18-14-16(20(22)24-18)12-10-8-6-4-2;1-3-7(9-5-1)8-4-2-6-10-8;;;;;;;;/h15-20H,5-14H2,1-4H3;13-14H,3-12H2,1-2H3;1-4H;6*1H3;;. The Hall–Kier alpha value is 1.36. The SMILES string of the molecule is CCCCCCc1cc(-c2cc(CCCCCC)c(-c3ccc(-c4ccc(C)s4)s3)[se]2)[se]c1C.CCCCCCc1cc(-c2cc(CCCCCC)c(Br)[se]2)[se]c1Br.[CH3][Sn]([CH3])([CH3])[c]1ccc(-c2cc[c]([Sn]([CH3])([CH3])[CH3])s2)s1. The first-order valence-corrected chi connectivity index (χ1v) is 60.3. The zero-order valence-electron chi connectivity index (χ0n) is 48.1. The molecule has 8 aromatic rings. The van der Waals surface area contributed by atoms with E-state index in [1.54, 1.807) is 54.7 Å². The first-order chi connectivity index (χ1) is 36.4. The van der Waals surface area contributed by atoms with Gasteiger partial charge in [0.1, 0.15) is 0 Å². The molecular weight excluding hydrogens is 1610 g/mol. The summed E-state index contributed by atoms with van der Waals surface area (Å²) >= 11 is 14.0. The van der Waals surface area contributed by atoms with Crippen LogP contribution >= 0.6 is 77.2 Å². The van der Waals surface area contributed by atoms with Gasteiger partial charge in [0.15, 0.2) is 0 Å². The Labute approximate surface area is 527 Å². The van der Waals surface area contributed by atoms with E-state index in [4.69, 9.17) is 0 Å². The average molecular weight is 1700 g/mol. The normalized spacial score (nSPS) is 11.8. The van der Waals surface area contributed by atoms with Crippen LogP contribution in [0.25, 0.3) is 46.6 Å². The molecule has 0 aliphatic heterocycles. The van der Waals surface area contributed by atoms with Crippen LogP contribution in [0.1, 0.15) is 162 Å². The molecule has 0 aliphatic carbocycles. The van der Waals surface area contributed by atoms with Gasteiger partial charge in [0.2, 0.25) is 0 Å². The fraction of sp³-hybridized carbons (Fsp3) is 0.500. The summed E-state index contributed by atoms with van der Waals surface area (Å²) in [7, 11) is 0. The molecule has 12 heteroatoms. The summed E-state index contributed by atoms with van der Waals surface area (Å²) in [5.41, 5.74) is 6.45. The molecule has 8 aromatic heterocycles. The van der Waals surface area contributed by atoms with Crippen molar-refractivity contribution in [1.82, 2.24) is 0 Å². The van der Waals surface area contributed by atoms with Gasteiger partial charge < -0.3 is 0 Å². The van der Waals surface area contributed by atoms with E-state index in [1.165, 1.54) is 164 Å². The summed E-state index contributed by atoms with van der Waals surface area (Å²) < 4.78 is 16.3. The van der Waals surface area contributed by atoms with Gasteiger partial charge in [-0.3, -0.25) is 0 Å². The molecule has 0 spiro atoms. The van der Waals surface area contributed by atoms with Crippen LogP contribution in [-0.2, 0) is 25.7 Å². The Balaban J connectivity index is 0.000000195. The van der Waals surface area contributed by atoms with E-state index in [0.29, 0.717) is 58.0 Å². The molecule has 0 saturated carbocycles. The molecule has 0 aliphatic rings. The molecule has 0 radical (unpaired) electrons. The van der Waals surface area contributed by atoms with Gasteiger partial charge in [-0.15, -0.1) is 0 Å². The molecule has 0 fully saturated rings. The van der Waals surface area contributed by atoms with Gasteiger partial charge in [0.05, 0.1) is 0 Å². The van der Waals surface area contributed by atoms with Crippen molar-refractivity contribution in [2.75, 3.05) is 0 Å². The van der Waals surface area contributed by atoms with Crippen LogP contribution in [0, 0.1) is 13.8 Å². The van der Waals surface area contributed by atoms with Gasteiger partial charge in [-0.2, -0.15) is 0 Å². The molecule has 0 atom stereocenters. The van der Waals surface area contributed by atoms with E-state index in [9.17, 15) is 0 Å². The molecule has 8 heterocycles. The van der Waals surface area contributed by atoms with Crippen molar-refractivity contribution in [3.8, 4) is 46.6 Å². The van der Waals surface area contributed by atoms with Crippen LogP contribution in [0.15, 0.2) is 79.5 Å². The molecule has 0 nitrogen and oxygen atoms in total. The van der Waals surface area contributed by atoms with Crippen molar-refractivity contribution < 1.29 is 0 Å². The average Bonchev–Trinajstić information content (AvgIpc) is 4.24. The van der Waals surface area contributed by atoms with Crippen molar-refractivity contribution >= 4 is 178 Å². The molecular formula is C64H88Br2S4Se4Sn2. The maximum absolute atomic E-state index is 3.86. The summed E-state index contributed by atoms with van der Waals surface area (Å²) in [4.78, 5) is 23.7. The first-order valence-electron chi connectivity index (χ1n) is 28.6. The molecule has 0 unspecified atom stereocenters. The van der Waals surface area contributed by atoms with E-state index in [2.05, 4.69) is 176 Å². The topological polar surface area (TPSA) is 0 Å². The monoisotopic (exact) mass is 1700 g/mol. The minimum absolute atomic E-state index is 0.444. The second-order valence-electron chi connectivity index (χ2n) is 22.6. The van der Waals surface area contributed by atoms with Crippen molar-refractivity contribution in [3.05, 3.63) is 111 Å². The summed E-state index contributed by atoms with van der Waals surface area (Å²) in [5, 5.41) is 0. The molecule has 0 bridgehead atoms. The van der Waals surface area contributed by atoms with Crippen LogP contribution in [0.2, 0.25) is 29.6 Å². The van der Waals surface area contributed by atoms with Crippen molar-refractivity contribution in [2.24, 2.45) is 0 Å². The van der Waals surface area contributed by atoms with Crippen LogP contribution < -0.4 is 5.79 Å². The van der Waals surface area contributed by atoms with E-state index in [-0.39, 0.29) is 0 Å². The quantitative estimate of drug-likeness (QED) is 0.0356. The predicted molar refractivity (Wildman–Crippen MR) is 368 cm³/mol. The van der Waals surface area contributed by atoms with E-state index in [1.807, 2.05) is 45.3 Å².